The van der Waals surface area contributed by atoms with E-state index in [1.165, 1.54) is 6.07 Å². The number of nitrogens with zero attached hydrogens (tertiary/aromatic N) is 1. The van der Waals surface area contributed by atoms with E-state index < -0.39 is 23.1 Å². The Labute approximate surface area is 80.1 Å². The van der Waals surface area contributed by atoms with E-state index in [2.05, 4.69) is 20.9 Å². The molecular formula is C7H3BrF2N2O. The lowest BCUT2D eigenvalue weighted by molar-refractivity contribution is 0.150. The first-order valence-corrected chi connectivity index (χ1v) is 3.96. The highest BCUT2D eigenvalue weighted by Gasteiger charge is 2.19. The molecule has 0 aliphatic rings. The quantitative estimate of drug-likeness (QED) is 0.826. The largest absolute Gasteiger partial charge is 0.327 e. The monoisotopic (exact) mass is 248 g/mol. The molecule has 0 spiro atoms. The van der Waals surface area contributed by atoms with E-state index >= 15 is 0 Å². The SMILES string of the molecule is N#Cc1c(C(F)F)c(Br)c[nH]c1=O. The van der Waals surface area contributed by atoms with Gasteiger partial charge >= 0.3 is 0 Å². The first-order valence-electron chi connectivity index (χ1n) is 3.17. The van der Waals surface area contributed by atoms with Crippen LogP contribution in [0.3, 0.4) is 0 Å². The van der Waals surface area contributed by atoms with Gasteiger partial charge in [0.2, 0.25) is 0 Å². The summed E-state index contributed by atoms with van der Waals surface area (Å²) in [5.74, 6) is 0. The summed E-state index contributed by atoms with van der Waals surface area (Å²) >= 11 is 2.82. The summed E-state index contributed by atoms with van der Waals surface area (Å²) in [5.41, 5.74) is -1.92. The normalized spacial score (nSPS) is 10.1. The van der Waals surface area contributed by atoms with Gasteiger partial charge in [-0.05, 0) is 15.9 Å². The van der Waals surface area contributed by atoms with Crippen molar-refractivity contribution >= 4 is 15.9 Å². The van der Waals surface area contributed by atoms with Crippen LogP contribution in [0.15, 0.2) is 15.5 Å². The van der Waals surface area contributed by atoms with Crippen LogP contribution in [0.25, 0.3) is 0 Å². The molecule has 1 rings (SSSR count). The van der Waals surface area contributed by atoms with Crippen molar-refractivity contribution in [1.29, 1.82) is 5.26 Å². The first-order chi connectivity index (χ1) is 6.07. The predicted molar refractivity (Wildman–Crippen MR) is 44.4 cm³/mol. The molecule has 0 saturated carbocycles. The number of nitriles is 1. The Morgan fingerprint density at radius 2 is 2.23 bits per heavy atom. The minimum absolute atomic E-state index is 0.0265. The van der Waals surface area contributed by atoms with Crippen molar-refractivity contribution in [3.8, 4) is 6.07 Å². The maximum absolute atomic E-state index is 12.3. The molecule has 0 aromatic carbocycles. The number of alkyl halides is 2. The van der Waals surface area contributed by atoms with Gasteiger partial charge in [-0.2, -0.15) is 5.26 Å². The molecule has 0 radical (unpaired) electrons. The number of pyridine rings is 1. The lowest BCUT2D eigenvalue weighted by Gasteiger charge is -2.03. The Hall–Kier alpha value is -1.22. The Balaban J connectivity index is 3.56. The summed E-state index contributed by atoms with van der Waals surface area (Å²) in [6.45, 7) is 0. The van der Waals surface area contributed by atoms with Crippen LogP contribution in [-0.4, -0.2) is 4.98 Å². The number of aromatic amines is 1. The van der Waals surface area contributed by atoms with Crippen molar-refractivity contribution in [1.82, 2.24) is 4.98 Å². The summed E-state index contributed by atoms with van der Waals surface area (Å²) < 4.78 is 24.7. The van der Waals surface area contributed by atoms with E-state index in [1.807, 2.05) is 0 Å². The number of aromatic nitrogens is 1. The summed E-state index contributed by atoms with van der Waals surface area (Å²) in [7, 11) is 0. The molecule has 0 fully saturated rings. The molecule has 6 heteroatoms. The van der Waals surface area contributed by atoms with Crippen molar-refractivity contribution in [2.75, 3.05) is 0 Å². The van der Waals surface area contributed by atoms with Crippen LogP contribution in [0.2, 0.25) is 0 Å². The molecule has 1 aromatic rings. The summed E-state index contributed by atoms with van der Waals surface area (Å²) in [4.78, 5) is 13.1. The van der Waals surface area contributed by atoms with Crippen molar-refractivity contribution in [2.24, 2.45) is 0 Å². The Morgan fingerprint density at radius 1 is 1.62 bits per heavy atom. The zero-order chi connectivity index (χ0) is 10.0. The summed E-state index contributed by atoms with van der Waals surface area (Å²) in [5, 5.41) is 8.45. The number of rotatable bonds is 1. The molecule has 13 heavy (non-hydrogen) atoms. The number of H-pyrrole nitrogens is 1. The standard InChI is InChI=1S/C7H3BrF2N2O/c8-4-2-12-7(13)3(1-11)5(4)6(9)10/h2,6H,(H,12,13). The number of halogens is 3. The first kappa shape index (κ1) is 9.86. The Morgan fingerprint density at radius 3 is 2.62 bits per heavy atom. The lowest BCUT2D eigenvalue weighted by atomic mass is 10.1. The van der Waals surface area contributed by atoms with Gasteiger partial charge in [-0.1, -0.05) is 0 Å². The molecule has 3 nitrogen and oxygen atoms in total. The van der Waals surface area contributed by atoms with E-state index in [0.29, 0.717) is 0 Å². The average molecular weight is 249 g/mol. The minimum Gasteiger partial charge on any atom is -0.327 e. The zero-order valence-electron chi connectivity index (χ0n) is 6.14. The van der Waals surface area contributed by atoms with Gasteiger partial charge < -0.3 is 4.98 Å². The van der Waals surface area contributed by atoms with Crippen LogP contribution in [0.5, 0.6) is 0 Å². The fourth-order valence-corrected chi connectivity index (χ4v) is 1.33. The maximum Gasteiger partial charge on any atom is 0.266 e. The van der Waals surface area contributed by atoms with Crippen molar-refractivity contribution < 1.29 is 8.78 Å². The highest BCUT2D eigenvalue weighted by atomic mass is 79.9. The molecule has 1 heterocycles. The molecule has 0 atom stereocenters. The van der Waals surface area contributed by atoms with Gasteiger partial charge in [0.1, 0.15) is 11.6 Å². The molecule has 1 aromatic heterocycles. The van der Waals surface area contributed by atoms with E-state index in [9.17, 15) is 13.6 Å². The molecule has 0 bridgehead atoms. The van der Waals surface area contributed by atoms with Crippen molar-refractivity contribution in [3.05, 3.63) is 32.2 Å². The third-order valence-corrected chi connectivity index (χ3v) is 2.07. The Kier molecular flexibility index (Phi) is 2.78. The minimum atomic E-state index is -2.84. The van der Waals surface area contributed by atoms with Crippen LogP contribution >= 0.6 is 15.9 Å². The van der Waals surface area contributed by atoms with Gasteiger partial charge in [0, 0.05) is 10.7 Å². The van der Waals surface area contributed by atoms with E-state index in [-0.39, 0.29) is 4.47 Å². The van der Waals surface area contributed by atoms with Gasteiger partial charge in [-0.25, -0.2) is 8.78 Å². The molecule has 68 valence electrons. The second-order valence-corrected chi connectivity index (χ2v) is 3.02. The van der Waals surface area contributed by atoms with Gasteiger partial charge in [-0.3, -0.25) is 4.79 Å². The van der Waals surface area contributed by atoms with Crippen molar-refractivity contribution in [3.63, 3.8) is 0 Å². The second-order valence-electron chi connectivity index (χ2n) is 2.17. The third-order valence-electron chi connectivity index (χ3n) is 1.41. The van der Waals surface area contributed by atoms with Gasteiger partial charge in [0.05, 0.1) is 5.56 Å². The van der Waals surface area contributed by atoms with Crippen LogP contribution in [-0.2, 0) is 0 Å². The summed E-state index contributed by atoms with van der Waals surface area (Å²) in [6, 6.07) is 1.43. The molecule has 1 N–H and O–H groups in total. The fraction of sp³-hybridized carbons (Fsp3) is 0.143. The maximum atomic E-state index is 12.3. The topological polar surface area (TPSA) is 56.6 Å². The van der Waals surface area contributed by atoms with Crippen molar-refractivity contribution in [2.45, 2.75) is 6.43 Å². The van der Waals surface area contributed by atoms with Gasteiger partial charge in [0.15, 0.2) is 0 Å². The van der Waals surface area contributed by atoms with E-state index in [0.717, 1.165) is 6.20 Å². The number of hydrogen-bond donors (Lipinski definition) is 1. The van der Waals surface area contributed by atoms with Crippen LogP contribution in [0.1, 0.15) is 17.6 Å². The van der Waals surface area contributed by atoms with Gasteiger partial charge in [0.25, 0.3) is 12.0 Å². The van der Waals surface area contributed by atoms with Crippen LogP contribution in [0, 0.1) is 11.3 Å². The highest BCUT2D eigenvalue weighted by molar-refractivity contribution is 9.10. The summed E-state index contributed by atoms with van der Waals surface area (Å²) in [6.07, 6.45) is -1.75. The molecule has 0 amide bonds. The highest BCUT2D eigenvalue weighted by Crippen LogP contribution is 2.27. The lowest BCUT2D eigenvalue weighted by Crippen LogP contribution is -2.13. The van der Waals surface area contributed by atoms with Crippen LogP contribution in [0.4, 0.5) is 8.78 Å². The third kappa shape index (κ3) is 1.75. The zero-order valence-corrected chi connectivity index (χ0v) is 7.73. The van der Waals surface area contributed by atoms with E-state index in [4.69, 9.17) is 5.26 Å². The van der Waals surface area contributed by atoms with E-state index in [1.54, 1.807) is 0 Å². The number of hydrogen-bond acceptors (Lipinski definition) is 2. The second kappa shape index (κ2) is 3.66. The molecule has 0 unspecified atom stereocenters. The molecule has 0 saturated heterocycles. The van der Waals surface area contributed by atoms with Gasteiger partial charge in [-0.15, -0.1) is 0 Å². The molecular weight excluding hydrogens is 246 g/mol. The van der Waals surface area contributed by atoms with Crippen LogP contribution < -0.4 is 5.56 Å². The number of nitrogens with one attached hydrogen (secondary N) is 1. The smallest absolute Gasteiger partial charge is 0.266 e. The Bertz CT molecular complexity index is 421. The molecule has 0 aliphatic carbocycles. The molecule has 0 aliphatic heterocycles. The average Bonchev–Trinajstić information content (AvgIpc) is 2.07. The fourth-order valence-electron chi connectivity index (χ4n) is 0.845. The predicted octanol–water partition coefficient (Wildman–Crippen LogP) is 1.95.